The van der Waals surface area contributed by atoms with Gasteiger partial charge in [-0.25, -0.2) is 13.2 Å². The fraction of sp³-hybridized carbons (Fsp3) is 0.533. The zero-order valence-electron chi connectivity index (χ0n) is 13.7. The van der Waals surface area contributed by atoms with Crippen molar-refractivity contribution in [2.24, 2.45) is 0 Å². The molecule has 24 heavy (non-hydrogen) atoms. The molecule has 0 heterocycles. The molecule has 0 spiro atoms. The molecule has 1 aliphatic carbocycles. The van der Waals surface area contributed by atoms with Gasteiger partial charge in [-0.15, -0.1) is 0 Å². The molecule has 9 heteroatoms. The molecular weight excluding hydrogens is 334 g/mol. The maximum atomic E-state index is 12.1. The van der Waals surface area contributed by atoms with Crippen molar-refractivity contribution < 1.29 is 23.2 Å². The number of urea groups is 1. The molecule has 0 aliphatic heterocycles. The summed E-state index contributed by atoms with van der Waals surface area (Å²) < 4.78 is 24.9. The predicted molar refractivity (Wildman–Crippen MR) is 88.8 cm³/mol. The zero-order chi connectivity index (χ0) is 17.7. The molecule has 2 atom stereocenters. The summed E-state index contributed by atoms with van der Waals surface area (Å²) >= 11 is 0. The fourth-order valence-corrected chi connectivity index (χ4v) is 3.55. The van der Waals surface area contributed by atoms with Crippen LogP contribution in [0.25, 0.3) is 0 Å². The summed E-state index contributed by atoms with van der Waals surface area (Å²) in [5, 5.41) is 15.2. The van der Waals surface area contributed by atoms with E-state index in [0.717, 1.165) is 23.7 Å². The van der Waals surface area contributed by atoms with E-state index in [9.17, 15) is 18.3 Å². The summed E-state index contributed by atoms with van der Waals surface area (Å²) in [5.41, 5.74) is 0.455. The van der Waals surface area contributed by atoms with E-state index >= 15 is 0 Å². The average molecular weight is 357 g/mol. The van der Waals surface area contributed by atoms with E-state index in [1.807, 2.05) is 0 Å². The van der Waals surface area contributed by atoms with Crippen LogP contribution in [0.15, 0.2) is 29.2 Å². The van der Waals surface area contributed by atoms with E-state index in [-0.39, 0.29) is 10.9 Å². The number of amides is 2. The van der Waals surface area contributed by atoms with Crippen molar-refractivity contribution in [3.63, 3.8) is 0 Å². The van der Waals surface area contributed by atoms with Gasteiger partial charge in [0, 0.05) is 12.7 Å². The number of carbonyl (C=O) groups excluding carboxylic acids is 1. The van der Waals surface area contributed by atoms with Gasteiger partial charge >= 0.3 is 6.03 Å². The molecule has 3 N–H and O–H groups in total. The molecule has 2 amide bonds. The summed E-state index contributed by atoms with van der Waals surface area (Å²) in [7, 11) is -1.16. The number of aliphatic hydroxyl groups excluding tert-OH is 1. The summed E-state index contributed by atoms with van der Waals surface area (Å²) in [6, 6.07) is 5.08. The first-order valence-electron chi connectivity index (χ1n) is 7.73. The van der Waals surface area contributed by atoms with Gasteiger partial charge in [0.1, 0.15) is 0 Å². The monoisotopic (exact) mass is 357 g/mol. The standard InChI is InChI=1S/C15H23N3O5S/c1-18(23-2)24(21,22)12-9-7-11(8-10-12)16-15(20)17-13-5-3-4-6-14(13)19/h7-10,13-14,19H,3-6H2,1-2H3,(H2,16,17,20). The van der Waals surface area contributed by atoms with Crippen LogP contribution in [-0.2, 0) is 14.9 Å². The number of carbonyl (C=O) groups is 1. The van der Waals surface area contributed by atoms with Gasteiger partial charge in [0.05, 0.1) is 24.2 Å². The van der Waals surface area contributed by atoms with Crippen LogP contribution in [0.3, 0.4) is 0 Å². The molecule has 1 aromatic rings. The lowest BCUT2D eigenvalue weighted by molar-refractivity contribution is -0.0258. The van der Waals surface area contributed by atoms with Crippen molar-refractivity contribution in [1.29, 1.82) is 0 Å². The molecule has 0 saturated heterocycles. The lowest BCUT2D eigenvalue weighted by atomic mass is 9.93. The van der Waals surface area contributed by atoms with E-state index < -0.39 is 22.2 Å². The molecule has 1 aliphatic rings. The third kappa shape index (κ3) is 4.44. The van der Waals surface area contributed by atoms with Gasteiger partial charge in [0.15, 0.2) is 0 Å². The number of hydrogen-bond acceptors (Lipinski definition) is 5. The number of sulfonamides is 1. The van der Waals surface area contributed by atoms with Gasteiger partial charge in [-0.2, -0.15) is 0 Å². The fourth-order valence-electron chi connectivity index (χ4n) is 2.57. The van der Waals surface area contributed by atoms with Crippen molar-refractivity contribution in [2.45, 2.75) is 42.7 Å². The molecule has 0 bridgehead atoms. The van der Waals surface area contributed by atoms with Crippen LogP contribution >= 0.6 is 0 Å². The van der Waals surface area contributed by atoms with Gasteiger partial charge < -0.3 is 15.7 Å². The third-order valence-electron chi connectivity index (χ3n) is 4.05. The molecule has 1 fully saturated rings. The molecule has 0 radical (unpaired) electrons. The highest BCUT2D eigenvalue weighted by atomic mass is 32.2. The molecule has 0 aromatic heterocycles. The lowest BCUT2D eigenvalue weighted by Crippen LogP contribution is -2.46. The second kappa shape index (κ2) is 7.93. The highest BCUT2D eigenvalue weighted by molar-refractivity contribution is 7.89. The maximum Gasteiger partial charge on any atom is 0.319 e. The summed E-state index contributed by atoms with van der Waals surface area (Å²) in [4.78, 5) is 16.7. The summed E-state index contributed by atoms with van der Waals surface area (Å²) in [6.07, 6.45) is 2.84. The Morgan fingerprint density at radius 2 is 1.88 bits per heavy atom. The maximum absolute atomic E-state index is 12.1. The second-order valence-electron chi connectivity index (χ2n) is 5.68. The number of rotatable bonds is 5. The summed E-state index contributed by atoms with van der Waals surface area (Å²) in [5.74, 6) is 0. The molecule has 2 rings (SSSR count). The Morgan fingerprint density at radius 3 is 2.46 bits per heavy atom. The van der Waals surface area contributed by atoms with E-state index in [4.69, 9.17) is 4.84 Å². The number of anilines is 1. The van der Waals surface area contributed by atoms with Crippen LogP contribution in [-0.4, -0.2) is 50.3 Å². The summed E-state index contributed by atoms with van der Waals surface area (Å²) in [6.45, 7) is 0. The SMILES string of the molecule is CON(C)S(=O)(=O)c1ccc(NC(=O)NC2CCCCC2O)cc1. The normalized spacial score (nSPS) is 21.5. The number of nitrogens with zero attached hydrogens (tertiary/aromatic N) is 1. The number of aliphatic hydroxyl groups is 1. The van der Waals surface area contributed by atoms with Gasteiger partial charge in [0.25, 0.3) is 10.0 Å². The van der Waals surface area contributed by atoms with Crippen molar-refractivity contribution >= 4 is 21.7 Å². The Labute approximate surface area is 141 Å². The minimum absolute atomic E-state index is 0.0560. The number of benzene rings is 1. The molecular formula is C15H23N3O5S. The second-order valence-corrected chi connectivity index (χ2v) is 7.61. The number of nitrogens with one attached hydrogen (secondary N) is 2. The van der Waals surface area contributed by atoms with Crippen LogP contribution in [0.5, 0.6) is 0 Å². The van der Waals surface area contributed by atoms with E-state index in [0.29, 0.717) is 12.1 Å². The van der Waals surface area contributed by atoms with E-state index in [2.05, 4.69) is 10.6 Å². The molecule has 1 saturated carbocycles. The van der Waals surface area contributed by atoms with Crippen molar-refractivity contribution in [2.75, 3.05) is 19.5 Å². The van der Waals surface area contributed by atoms with Crippen molar-refractivity contribution in [1.82, 2.24) is 9.79 Å². The van der Waals surface area contributed by atoms with Crippen molar-refractivity contribution in [3.05, 3.63) is 24.3 Å². The lowest BCUT2D eigenvalue weighted by Gasteiger charge is -2.28. The average Bonchev–Trinajstić information content (AvgIpc) is 2.56. The van der Waals surface area contributed by atoms with Crippen LogP contribution < -0.4 is 10.6 Å². The Kier molecular flexibility index (Phi) is 6.16. The largest absolute Gasteiger partial charge is 0.391 e. The first-order valence-corrected chi connectivity index (χ1v) is 9.17. The third-order valence-corrected chi connectivity index (χ3v) is 5.75. The smallest absolute Gasteiger partial charge is 0.319 e. The van der Waals surface area contributed by atoms with Gasteiger partial charge in [-0.3, -0.25) is 4.84 Å². The van der Waals surface area contributed by atoms with Crippen LogP contribution in [0, 0.1) is 0 Å². The van der Waals surface area contributed by atoms with Gasteiger partial charge in [-0.05, 0) is 37.1 Å². The Hall–Kier alpha value is -1.68. The number of hydroxylamine groups is 1. The Bertz CT molecular complexity index is 662. The van der Waals surface area contributed by atoms with Crippen LogP contribution in [0.4, 0.5) is 10.5 Å². The predicted octanol–water partition coefficient (Wildman–Crippen LogP) is 1.29. The first-order chi connectivity index (χ1) is 11.3. The van der Waals surface area contributed by atoms with Gasteiger partial charge in [0.2, 0.25) is 0 Å². The van der Waals surface area contributed by atoms with Crippen LogP contribution in [0.2, 0.25) is 0 Å². The zero-order valence-corrected chi connectivity index (χ0v) is 14.5. The minimum atomic E-state index is -3.71. The van der Waals surface area contributed by atoms with Crippen LogP contribution in [0.1, 0.15) is 25.7 Å². The van der Waals surface area contributed by atoms with E-state index in [1.54, 1.807) is 0 Å². The molecule has 1 aromatic carbocycles. The Balaban J connectivity index is 1.97. The molecule has 2 unspecified atom stereocenters. The van der Waals surface area contributed by atoms with E-state index in [1.165, 1.54) is 38.4 Å². The minimum Gasteiger partial charge on any atom is -0.391 e. The van der Waals surface area contributed by atoms with Crippen molar-refractivity contribution in [3.8, 4) is 0 Å². The first kappa shape index (κ1) is 18.7. The van der Waals surface area contributed by atoms with Gasteiger partial charge in [-0.1, -0.05) is 17.3 Å². The molecule has 8 nitrogen and oxygen atoms in total. The Morgan fingerprint density at radius 1 is 1.25 bits per heavy atom. The quantitative estimate of drug-likeness (QED) is 0.688. The molecule has 134 valence electrons. The highest BCUT2D eigenvalue weighted by Crippen LogP contribution is 2.19. The highest BCUT2D eigenvalue weighted by Gasteiger charge is 2.24. The topological polar surface area (TPSA) is 108 Å². The number of hydrogen-bond donors (Lipinski definition) is 3.